The highest BCUT2D eigenvalue weighted by atomic mass is 79.9. The zero-order valence-corrected chi connectivity index (χ0v) is 16.9. The molecule has 2 N–H and O–H groups in total. The summed E-state index contributed by atoms with van der Waals surface area (Å²) in [5, 5.41) is 8.87. The summed E-state index contributed by atoms with van der Waals surface area (Å²) >= 11 is 4.99. The van der Waals surface area contributed by atoms with Crippen molar-refractivity contribution in [3.05, 3.63) is 58.4 Å². The number of benzene rings is 2. The lowest BCUT2D eigenvalue weighted by molar-refractivity contribution is -0.114. The van der Waals surface area contributed by atoms with E-state index in [1.807, 2.05) is 53.9 Å². The van der Waals surface area contributed by atoms with Crippen molar-refractivity contribution in [1.29, 1.82) is 0 Å². The maximum atomic E-state index is 11.0. The van der Waals surface area contributed by atoms with Crippen LogP contribution in [0.5, 0.6) is 0 Å². The van der Waals surface area contributed by atoms with E-state index in [1.54, 1.807) is 11.3 Å². The Balaban J connectivity index is 0.00000208. The number of aromatic nitrogens is 1. The highest BCUT2D eigenvalue weighted by Gasteiger charge is 2.05. The van der Waals surface area contributed by atoms with Gasteiger partial charge in [0.25, 0.3) is 0 Å². The minimum Gasteiger partial charge on any atom is -0.332 e. The Labute approximate surface area is 163 Å². The smallest absolute Gasteiger partial charge is 0.221 e. The summed E-state index contributed by atoms with van der Waals surface area (Å²) in [7, 11) is 0. The zero-order valence-electron chi connectivity index (χ0n) is 12.7. The molecule has 3 rings (SSSR count). The summed E-state index contributed by atoms with van der Waals surface area (Å²) in [6, 6.07) is 15.6. The van der Waals surface area contributed by atoms with Gasteiger partial charge in [-0.15, -0.1) is 28.3 Å². The van der Waals surface area contributed by atoms with Gasteiger partial charge in [0.15, 0.2) is 5.13 Å². The first-order valence-corrected chi connectivity index (χ1v) is 8.63. The molecule has 2 aromatic carbocycles. The maximum Gasteiger partial charge on any atom is 0.221 e. The third kappa shape index (κ3) is 4.90. The summed E-state index contributed by atoms with van der Waals surface area (Å²) in [6.07, 6.45) is 0. The van der Waals surface area contributed by atoms with Gasteiger partial charge in [-0.1, -0.05) is 28.1 Å². The van der Waals surface area contributed by atoms with Crippen molar-refractivity contribution >= 4 is 66.7 Å². The van der Waals surface area contributed by atoms with Crippen LogP contribution in [0.4, 0.5) is 16.5 Å². The molecule has 4 nitrogen and oxygen atoms in total. The Kier molecular flexibility index (Phi) is 6.53. The lowest BCUT2D eigenvalue weighted by atomic mass is 10.2. The highest BCUT2D eigenvalue weighted by molar-refractivity contribution is 9.10. The molecular weight excluding hydrogens is 454 g/mol. The predicted molar refractivity (Wildman–Crippen MR) is 110 cm³/mol. The van der Waals surface area contributed by atoms with Gasteiger partial charge in [0.2, 0.25) is 5.91 Å². The average molecular weight is 469 g/mol. The number of amides is 1. The SMILES string of the molecule is Br.CC(=O)Nc1ccc(Nc2nc(-c3ccc(Br)cc3)cs2)cc1. The Morgan fingerprint density at radius 3 is 2.29 bits per heavy atom. The maximum absolute atomic E-state index is 11.0. The third-order valence-corrected chi connectivity index (χ3v) is 4.39. The largest absolute Gasteiger partial charge is 0.332 e. The molecule has 0 bridgehead atoms. The van der Waals surface area contributed by atoms with E-state index in [4.69, 9.17) is 0 Å². The second kappa shape index (κ2) is 8.41. The Morgan fingerprint density at radius 2 is 1.67 bits per heavy atom. The van der Waals surface area contributed by atoms with Crippen molar-refractivity contribution in [3.8, 4) is 11.3 Å². The van der Waals surface area contributed by atoms with Gasteiger partial charge in [0.05, 0.1) is 5.69 Å². The molecule has 1 aromatic heterocycles. The molecule has 3 aromatic rings. The van der Waals surface area contributed by atoms with Gasteiger partial charge in [0, 0.05) is 33.7 Å². The van der Waals surface area contributed by atoms with Crippen molar-refractivity contribution < 1.29 is 4.79 Å². The molecule has 124 valence electrons. The van der Waals surface area contributed by atoms with E-state index in [9.17, 15) is 4.79 Å². The van der Waals surface area contributed by atoms with Crippen LogP contribution in [-0.4, -0.2) is 10.9 Å². The number of nitrogens with one attached hydrogen (secondary N) is 2. The summed E-state index contributed by atoms with van der Waals surface area (Å²) < 4.78 is 1.05. The summed E-state index contributed by atoms with van der Waals surface area (Å²) in [5.74, 6) is -0.0789. The molecule has 0 atom stereocenters. The Hall–Kier alpha value is -1.70. The second-order valence-corrected chi connectivity index (χ2v) is 6.70. The quantitative estimate of drug-likeness (QED) is 0.504. The van der Waals surface area contributed by atoms with Gasteiger partial charge < -0.3 is 10.6 Å². The first-order chi connectivity index (χ1) is 11.1. The second-order valence-electron chi connectivity index (χ2n) is 4.93. The normalized spacial score (nSPS) is 9.92. The monoisotopic (exact) mass is 467 g/mol. The number of rotatable bonds is 4. The van der Waals surface area contributed by atoms with E-state index in [-0.39, 0.29) is 22.9 Å². The third-order valence-electron chi connectivity index (χ3n) is 3.10. The summed E-state index contributed by atoms with van der Waals surface area (Å²) in [4.78, 5) is 15.6. The van der Waals surface area contributed by atoms with E-state index in [0.29, 0.717) is 0 Å². The van der Waals surface area contributed by atoms with Gasteiger partial charge in [-0.05, 0) is 36.4 Å². The molecule has 0 saturated heterocycles. The van der Waals surface area contributed by atoms with Crippen LogP contribution in [0.3, 0.4) is 0 Å². The molecule has 1 amide bonds. The number of nitrogens with zero attached hydrogens (tertiary/aromatic N) is 1. The summed E-state index contributed by atoms with van der Waals surface area (Å²) in [5.41, 5.74) is 3.73. The van der Waals surface area contributed by atoms with Crippen molar-refractivity contribution in [2.24, 2.45) is 0 Å². The molecular formula is C17H15Br2N3OS. The van der Waals surface area contributed by atoms with Crippen molar-refractivity contribution in [2.45, 2.75) is 6.92 Å². The molecule has 0 radical (unpaired) electrons. The molecule has 1 heterocycles. The molecule has 0 aliphatic heterocycles. The molecule has 0 fully saturated rings. The van der Waals surface area contributed by atoms with E-state index in [2.05, 4.69) is 31.5 Å². The van der Waals surface area contributed by atoms with Crippen LogP contribution in [0.1, 0.15) is 6.92 Å². The van der Waals surface area contributed by atoms with Crippen molar-refractivity contribution in [3.63, 3.8) is 0 Å². The lowest BCUT2D eigenvalue weighted by Crippen LogP contribution is -2.05. The number of carbonyl (C=O) groups excluding carboxylic acids is 1. The minimum atomic E-state index is -0.0789. The standard InChI is InChI=1S/C17H14BrN3OS.BrH/c1-11(22)19-14-6-8-15(9-7-14)20-17-21-16(10-23-17)12-2-4-13(18)5-3-12;/h2-10H,1H3,(H,19,22)(H,20,21);1H. The molecule has 0 aliphatic carbocycles. The fourth-order valence-corrected chi connectivity index (χ4v) is 3.05. The zero-order chi connectivity index (χ0) is 16.2. The average Bonchev–Trinajstić information content (AvgIpc) is 2.98. The number of anilines is 3. The molecule has 7 heteroatoms. The molecule has 0 unspecified atom stereocenters. The van der Waals surface area contributed by atoms with E-state index in [0.717, 1.165) is 32.2 Å². The molecule has 0 saturated carbocycles. The number of carbonyl (C=O) groups is 1. The minimum absolute atomic E-state index is 0. The van der Waals surface area contributed by atoms with Crippen LogP contribution in [0.15, 0.2) is 58.4 Å². The van der Waals surface area contributed by atoms with Gasteiger partial charge >= 0.3 is 0 Å². The highest BCUT2D eigenvalue weighted by Crippen LogP contribution is 2.28. The van der Waals surface area contributed by atoms with Gasteiger partial charge in [-0.2, -0.15) is 0 Å². The number of halogens is 2. The molecule has 0 aliphatic rings. The number of thiazole rings is 1. The van der Waals surface area contributed by atoms with Gasteiger partial charge in [0.1, 0.15) is 0 Å². The van der Waals surface area contributed by atoms with Crippen molar-refractivity contribution in [1.82, 2.24) is 4.98 Å². The number of hydrogen-bond donors (Lipinski definition) is 2. The van der Waals surface area contributed by atoms with Crippen LogP contribution >= 0.6 is 44.2 Å². The van der Waals surface area contributed by atoms with Gasteiger partial charge in [-0.25, -0.2) is 4.98 Å². The first kappa shape index (κ1) is 18.6. The van der Waals surface area contributed by atoms with E-state index in [1.165, 1.54) is 6.92 Å². The fourth-order valence-electron chi connectivity index (χ4n) is 2.05. The predicted octanol–water partition coefficient (Wildman–Crippen LogP) is 5.85. The van der Waals surface area contributed by atoms with E-state index >= 15 is 0 Å². The van der Waals surface area contributed by atoms with Gasteiger partial charge in [-0.3, -0.25) is 4.79 Å². The Bertz CT molecular complexity index is 817. The number of hydrogen-bond acceptors (Lipinski definition) is 4. The van der Waals surface area contributed by atoms with Crippen LogP contribution in [0.2, 0.25) is 0 Å². The topological polar surface area (TPSA) is 54.0 Å². The summed E-state index contributed by atoms with van der Waals surface area (Å²) in [6.45, 7) is 1.49. The van der Waals surface area contributed by atoms with Crippen LogP contribution in [-0.2, 0) is 4.79 Å². The van der Waals surface area contributed by atoms with Crippen LogP contribution < -0.4 is 10.6 Å². The van der Waals surface area contributed by atoms with Crippen molar-refractivity contribution in [2.75, 3.05) is 10.6 Å². The van der Waals surface area contributed by atoms with E-state index < -0.39 is 0 Å². The van der Waals surface area contributed by atoms with Crippen LogP contribution in [0, 0.1) is 0 Å². The molecule has 0 spiro atoms. The Morgan fingerprint density at radius 1 is 1.04 bits per heavy atom. The molecule has 24 heavy (non-hydrogen) atoms. The lowest BCUT2D eigenvalue weighted by Gasteiger charge is -2.05. The fraction of sp³-hybridized carbons (Fsp3) is 0.0588. The first-order valence-electron chi connectivity index (χ1n) is 6.96. The van der Waals surface area contributed by atoms with Crippen LogP contribution in [0.25, 0.3) is 11.3 Å².